The molecule has 1 saturated carbocycles. The topological polar surface area (TPSA) is 38.0 Å². The number of nitrogens with one attached hydrogen (secondary N) is 1. The summed E-state index contributed by atoms with van der Waals surface area (Å²) in [5, 5.41) is 5.60. The van der Waals surface area contributed by atoms with Gasteiger partial charge in [-0.15, -0.1) is 11.3 Å². The lowest BCUT2D eigenvalue weighted by Gasteiger charge is -2.09. The fourth-order valence-corrected chi connectivity index (χ4v) is 2.45. The molecule has 1 aromatic heterocycles. The molecule has 2 rings (SSSR count). The molecule has 0 bridgehead atoms. The highest BCUT2D eigenvalue weighted by molar-refractivity contribution is 7.10. The average molecular weight is 210 g/mol. The normalized spacial score (nSPS) is 18.4. The van der Waals surface area contributed by atoms with Crippen LogP contribution in [0, 0.1) is 6.92 Å². The first kappa shape index (κ1) is 10.1. The molecule has 1 fully saturated rings. The molecule has 0 amide bonds. The molecule has 0 aliphatic heterocycles. The number of hydrogen-bond acceptors (Lipinski definition) is 3. The highest BCUT2D eigenvalue weighted by Gasteiger charge is 2.37. The first-order valence-corrected chi connectivity index (χ1v) is 6.10. The molecule has 2 nitrogen and oxygen atoms in total. The predicted octanol–water partition coefficient (Wildman–Crippen LogP) is 1.68. The predicted molar refractivity (Wildman–Crippen MR) is 61.8 cm³/mol. The van der Waals surface area contributed by atoms with Gasteiger partial charge in [-0.25, -0.2) is 0 Å². The molecule has 0 unspecified atom stereocenters. The largest absolute Gasteiger partial charge is 0.324 e. The molecule has 3 N–H and O–H groups in total. The highest BCUT2D eigenvalue weighted by atomic mass is 32.1. The molecule has 0 atom stereocenters. The van der Waals surface area contributed by atoms with Gasteiger partial charge in [0, 0.05) is 23.5 Å². The van der Waals surface area contributed by atoms with Crippen molar-refractivity contribution < 1.29 is 0 Å². The smallest absolute Gasteiger partial charge is 0.0282 e. The third kappa shape index (κ3) is 2.56. The van der Waals surface area contributed by atoms with E-state index < -0.39 is 0 Å². The molecule has 0 spiro atoms. The van der Waals surface area contributed by atoms with Crippen LogP contribution in [-0.2, 0) is 6.42 Å². The minimum atomic E-state index is 0.143. The van der Waals surface area contributed by atoms with Gasteiger partial charge in [-0.1, -0.05) is 0 Å². The Kier molecular flexibility index (Phi) is 2.91. The Morgan fingerprint density at radius 2 is 2.36 bits per heavy atom. The van der Waals surface area contributed by atoms with Gasteiger partial charge < -0.3 is 11.1 Å². The van der Waals surface area contributed by atoms with Crippen molar-refractivity contribution in [1.82, 2.24) is 5.32 Å². The fraction of sp³-hybridized carbons (Fsp3) is 0.636. The monoisotopic (exact) mass is 210 g/mol. The van der Waals surface area contributed by atoms with E-state index in [1.165, 1.54) is 23.3 Å². The molecule has 0 radical (unpaired) electrons. The van der Waals surface area contributed by atoms with E-state index in [1.54, 1.807) is 0 Å². The van der Waals surface area contributed by atoms with Crippen molar-refractivity contribution in [2.24, 2.45) is 5.73 Å². The zero-order valence-corrected chi connectivity index (χ0v) is 9.49. The third-order valence-electron chi connectivity index (χ3n) is 2.87. The van der Waals surface area contributed by atoms with Crippen molar-refractivity contribution in [3.63, 3.8) is 0 Å². The molecule has 3 heteroatoms. The van der Waals surface area contributed by atoms with Crippen LogP contribution in [0.2, 0.25) is 0 Å². The lowest BCUT2D eigenvalue weighted by molar-refractivity contribution is 0.571. The maximum atomic E-state index is 5.98. The summed E-state index contributed by atoms with van der Waals surface area (Å²) in [6.07, 6.45) is 3.52. The van der Waals surface area contributed by atoms with Gasteiger partial charge in [0.2, 0.25) is 0 Å². The van der Waals surface area contributed by atoms with Crippen molar-refractivity contribution in [1.29, 1.82) is 0 Å². The molecule has 1 aliphatic carbocycles. The summed E-state index contributed by atoms with van der Waals surface area (Å²) in [5.74, 6) is 0. The van der Waals surface area contributed by atoms with Crippen LogP contribution in [0.5, 0.6) is 0 Å². The minimum absolute atomic E-state index is 0.143. The van der Waals surface area contributed by atoms with E-state index in [9.17, 15) is 0 Å². The van der Waals surface area contributed by atoms with E-state index in [-0.39, 0.29) is 5.54 Å². The second-order valence-electron chi connectivity index (χ2n) is 4.32. The minimum Gasteiger partial charge on any atom is -0.324 e. The molecule has 1 heterocycles. The quantitative estimate of drug-likeness (QED) is 0.726. The Hall–Kier alpha value is -0.380. The molecule has 14 heavy (non-hydrogen) atoms. The standard InChI is InChI=1S/C11H18N2S/c1-9-3-7-14-10(9)2-6-13-8-11(12)4-5-11/h3,7,13H,2,4-6,8,12H2,1H3. The summed E-state index contributed by atoms with van der Waals surface area (Å²) >= 11 is 1.85. The Morgan fingerprint density at radius 3 is 2.93 bits per heavy atom. The maximum Gasteiger partial charge on any atom is 0.0282 e. The third-order valence-corrected chi connectivity index (χ3v) is 3.95. The van der Waals surface area contributed by atoms with Crippen molar-refractivity contribution in [2.45, 2.75) is 31.7 Å². The maximum absolute atomic E-state index is 5.98. The van der Waals surface area contributed by atoms with Crippen molar-refractivity contribution >= 4 is 11.3 Å². The van der Waals surface area contributed by atoms with Gasteiger partial charge in [-0.3, -0.25) is 0 Å². The number of aryl methyl sites for hydroxylation is 1. The van der Waals surface area contributed by atoms with Gasteiger partial charge in [0.1, 0.15) is 0 Å². The van der Waals surface area contributed by atoms with E-state index in [0.29, 0.717) is 0 Å². The van der Waals surface area contributed by atoms with Gasteiger partial charge in [0.25, 0.3) is 0 Å². The van der Waals surface area contributed by atoms with Crippen LogP contribution in [0.1, 0.15) is 23.3 Å². The van der Waals surface area contributed by atoms with Gasteiger partial charge in [0.15, 0.2) is 0 Å². The number of rotatable bonds is 5. The van der Waals surface area contributed by atoms with E-state index >= 15 is 0 Å². The summed E-state index contributed by atoms with van der Waals surface area (Å²) in [7, 11) is 0. The van der Waals surface area contributed by atoms with Gasteiger partial charge in [0.05, 0.1) is 0 Å². The van der Waals surface area contributed by atoms with E-state index in [4.69, 9.17) is 5.73 Å². The lowest BCUT2D eigenvalue weighted by Crippen LogP contribution is -2.36. The summed E-state index contributed by atoms with van der Waals surface area (Å²) in [6, 6.07) is 2.19. The van der Waals surface area contributed by atoms with Crippen LogP contribution < -0.4 is 11.1 Å². The van der Waals surface area contributed by atoms with Crippen LogP contribution in [-0.4, -0.2) is 18.6 Å². The Bertz CT molecular complexity index is 302. The molecule has 1 aromatic rings. The Morgan fingerprint density at radius 1 is 1.57 bits per heavy atom. The van der Waals surface area contributed by atoms with Crippen LogP contribution in [0.15, 0.2) is 11.4 Å². The summed E-state index contributed by atoms with van der Waals surface area (Å²) < 4.78 is 0. The Balaban J connectivity index is 1.66. The molecular weight excluding hydrogens is 192 g/mol. The second-order valence-corrected chi connectivity index (χ2v) is 5.32. The van der Waals surface area contributed by atoms with Crippen LogP contribution in [0.25, 0.3) is 0 Å². The van der Waals surface area contributed by atoms with Crippen molar-refractivity contribution in [2.75, 3.05) is 13.1 Å². The molecule has 0 saturated heterocycles. The number of thiophene rings is 1. The summed E-state index contributed by atoms with van der Waals surface area (Å²) in [5.41, 5.74) is 7.54. The summed E-state index contributed by atoms with van der Waals surface area (Å²) in [6.45, 7) is 4.22. The number of nitrogens with two attached hydrogens (primary N) is 1. The van der Waals surface area contributed by atoms with Gasteiger partial charge in [-0.05, 0) is 43.2 Å². The Labute approximate surface area is 89.5 Å². The highest BCUT2D eigenvalue weighted by Crippen LogP contribution is 2.30. The fourth-order valence-electron chi connectivity index (χ4n) is 1.54. The van der Waals surface area contributed by atoms with Crippen molar-refractivity contribution in [3.05, 3.63) is 21.9 Å². The molecule has 1 aliphatic rings. The first-order valence-electron chi connectivity index (χ1n) is 5.22. The lowest BCUT2D eigenvalue weighted by atomic mass is 10.2. The van der Waals surface area contributed by atoms with Gasteiger partial charge in [-0.2, -0.15) is 0 Å². The van der Waals surface area contributed by atoms with E-state index in [1.807, 2.05) is 11.3 Å². The first-order chi connectivity index (χ1) is 6.70. The van der Waals surface area contributed by atoms with E-state index in [0.717, 1.165) is 19.5 Å². The average Bonchev–Trinajstić information content (AvgIpc) is 2.74. The molecular formula is C11H18N2S. The second kappa shape index (κ2) is 4.01. The van der Waals surface area contributed by atoms with Gasteiger partial charge >= 0.3 is 0 Å². The van der Waals surface area contributed by atoms with Crippen LogP contribution in [0.4, 0.5) is 0 Å². The van der Waals surface area contributed by atoms with Crippen LogP contribution in [0.3, 0.4) is 0 Å². The zero-order chi connectivity index (χ0) is 10.0. The van der Waals surface area contributed by atoms with Crippen LogP contribution >= 0.6 is 11.3 Å². The molecule has 78 valence electrons. The van der Waals surface area contributed by atoms with Crippen molar-refractivity contribution in [3.8, 4) is 0 Å². The SMILES string of the molecule is Cc1ccsc1CCNCC1(N)CC1. The van der Waals surface area contributed by atoms with E-state index in [2.05, 4.69) is 23.7 Å². The molecule has 0 aromatic carbocycles. The summed E-state index contributed by atoms with van der Waals surface area (Å²) in [4.78, 5) is 1.50. The zero-order valence-electron chi connectivity index (χ0n) is 8.68. The number of hydrogen-bond donors (Lipinski definition) is 2.